The second kappa shape index (κ2) is 5.47. The lowest BCUT2D eigenvalue weighted by molar-refractivity contribution is -0.144. The highest BCUT2D eigenvalue weighted by atomic mass is 15.6. The molecule has 4 aliphatic rings. The van der Waals surface area contributed by atoms with Crippen molar-refractivity contribution in [3.63, 3.8) is 0 Å². The van der Waals surface area contributed by atoms with E-state index in [4.69, 9.17) is 0 Å². The summed E-state index contributed by atoms with van der Waals surface area (Å²) in [6, 6.07) is 0. The Morgan fingerprint density at radius 1 is 0.650 bits per heavy atom. The van der Waals surface area contributed by atoms with Crippen LogP contribution in [0.2, 0.25) is 0 Å². The van der Waals surface area contributed by atoms with Gasteiger partial charge >= 0.3 is 0 Å². The molecule has 4 bridgehead atoms. The first-order valence-corrected chi connectivity index (χ1v) is 7.48. The highest BCUT2D eigenvalue weighted by Gasteiger charge is 2.32. The van der Waals surface area contributed by atoms with Crippen molar-refractivity contribution in [3.05, 3.63) is 0 Å². The van der Waals surface area contributed by atoms with Gasteiger partial charge in [-0.25, -0.2) is 0 Å². The maximum Gasteiger partial charge on any atom is 0.0555 e. The number of hydrogen-bond donors (Lipinski definition) is 1. The van der Waals surface area contributed by atoms with E-state index < -0.39 is 0 Å². The van der Waals surface area contributed by atoms with E-state index in [0.29, 0.717) is 0 Å². The third kappa shape index (κ3) is 2.83. The molecule has 114 valence electrons. The number of nitrogens with zero attached hydrogens (tertiary/aromatic N) is 7. The van der Waals surface area contributed by atoms with Gasteiger partial charge in [-0.3, -0.25) is 39.6 Å². The summed E-state index contributed by atoms with van der Waals surface area (Å²) in [7, 11) is 2.20. The van der Waals surface area contributed by atoms with Gasteiger partial charge in [-0.05, 0) is 7.05 Å². The normalized spacial score (nSPS) is 43.6. The first-order chi connectivity index (χ1) is 9.74. The van der Waals surface area contributed by atoms with Crippen LogP contribution in [0.15, 0.2) is 0 Å². The van der Waals surface area contributed by atoms with E-state index in [1.165, 1.54) is 0 Å². The molecule has 8 nitrogen and oxygen atoms in total. The van der Waals surface area contributed by atoms with Crippen LogP contribution in [0.1, 0.15) is 0 Å². The Bertz CT molecular complexity index is 322. The second-order valence-electron chi connectivity index (χ2n) is 6.72. The Morgan fingerprint density at radius 2 is 1.15 bits per heavy atom. The van der Waals surface area contributed by atoms with E-state index in [-0.39, 0.29) is 0 Å². The molecule has 4 heterocycles. The van der Waals surface area contributed by atoms with Crippen molar-refractivity contribution in [1.82, 2.24) is 39.6 Å². The zero-order valence-corrected chi connectivity index (χ0v) is 12.4. The molecule has 0 spiro atoms. The minimum absolute atomic E-state index is 1.02. The lowest BCUT2D eigenvalue weighted by atomic mass is 10.4. The summed E-state index contributed by atoms with van der Waals surface area (Å²) in [6.45, 7) is 11.9. The summed E-state index contributed by atoms with van der Waals surface area (Å²) < 4.78 is 0. The Hall–Kier alpha value is -0.320. The minimum Gasteiger partial charge on any atom is -0.291 e. The smallest absolute Gasteiger partial charge is 0.0555 e. The Kier molecular flexibility index (Phi) is 3.65. The van der Waals surface area contributed by atoms with Crippen molar-refractivity contribution in [2.24, 2.45) is 0 Å². The molecule has 8 heteroatoms. The molecule has 0 radical (unpaired) electrons. The van der Waals surface area contributed by atoms with E-state index >= 15 is 0 Å². The molecule has 0 aromatic heterocycles. The van der Waals surface area contributed by atoms with Gasteiger partial charge in [0.05, 0.1) is 73.4 Å². The Labute approximate surface area is 121 Å². The van der Waals surface area contributed by atoms with Crippen LogP contribution < -0.4 is 5.32 Å². The fourth-order valence-corrected chi connectivity index (χ4v) is 3.90. The van der Waals surface area contributed by atoms with Crippen molar-refractivity contribution in [2.45, 2.75) is 0 Å². The highest BCUT2D eigenvalue weighted by molar-refractivity contribution is 4.76. The van der Waals surface area contributed by atoms with Crippen LogP contribution in [0.5, 0.6) is 0 Å². The molecule has 0 aliphatic carbocycles. The third-order valence-electron chi connectivity index (χ3n) is 4.35. The summed E-state index contributed by atoms with van der Waals surface area (Å²) in [6.07, 6.45) is 0. The average molecular weight is 282 g/mol. The van der Waals surface area contributed by atoms with E-state index in [0.717, 1.165) is 73.4 Å². The molecule has 0 amide bonds. The van der Waals surface area contributed by atoms with Crippen molar-refractivity contribution in [3.8, 4) is 0 Å². The zero-order valence-electron chi connectivity index (χ0n) is 12.4. The summed E-state index contributed by atoms with van der Waals surface area (Å²) in [5, 5.41) is 3.44. The topological polar surface area (TPSA) is 34.7 Å². The van der Waals surface area contributed by atoms with Gasteiger partial charge in [0, 0.05) is 0 Å². The molecular weight excluding hydrogens is 256 g/mol. The fourth-order valence-electron chi connectivity index (χ4n) is 3.90. The minimum atomic E-state index is 1.02. The van der Waals surface area contributed by atoms with Crippen LogP contribution in [0.3, 0.4) is 0 Å². The summed E-state index contributed by atoms with van der Waals surface area (Å²) in [5.74, 6) is 0. The average Bonchev–Trinajstić information content (AvgIpc) is 2.36. The molecule has 4 atom stereocenters. The number of hydrogen-bond acceptors (Lipinski definition) is 8. The van der Waals surface area contributed by atoms with E-state index in [2.05, 4.69) is 46.7 Å². The van der Waals surface area contributed by atoms with Gasteiger partial charge in [-0.1, -0.05) is 0 Å². The first kappa shape index (κ1) is 13.4. The molecule has 0 aromatic rings. The van der Waals surface area contributed by atoms with Crippen LogP contribution in [-0.2, 0) is 0 Å². The molecule has 4 fully saturated rings. The Balaban J connectivity index is 1.33. The summed E-state index contributed by atoms with van der Waals surface area (Å²) >= 11 is 0. The standard InChI is InChI=1S/C12H26N8/c1-14-4-17-9-18(5-14)11-20(10-17)12-19-7-15-2-13-3-16(6-15)8-19/h13H,2-12H2,1H3. The summed E-state index contributed by atoms with van der Waals surface area (Å²) in [4.78, 5) is 17.5. The molecular formula is C12H26N8. The van der Waals surface area contributed by atoms with Crippen LogP contribution in [0, 0.1) is 0 Å². The quantitative estimate of drug-likeness (QED) is 0.617. The monoisotopic (exact) mass is 282 g/mol. The van der Waals surface area contributed by atoms with Crippen molar-refractivity contribution < 1.29 is 0 Å². The predicted octanol–water partition coefficient (Wildman–Crippen LogP) is -2.09. The third-order valence-corrected chi connectivity index (χ3v) is 4.35. The van der Waals surface area contributed by atoms with Gasteiger partial charge in [0.15, 0.2) is 0 Å². The molecule has 20 heavy (non-hydrogen) atoms. The molecule has 4 aliphatic heterocycles. The Morgan fingerprint density at radius 3 is 1.75 bits per heavy atom. The van der Waals surface area contributed by atoms with E-state index in [9.17, 15) is 0 Å². The molecule has 0 aromatic carbocycles. The van der Waals surface area contributed by atoms with Crippen LogP contribution in [0.25, 0.3) is 0 Å². The SMILES string of the molecule is CN1CN2CN(C1)CN(CN1CN3CNCN(C3)C1)C2. The molecule has 4 rings (SSSR count). The van der Waals surface area contributed by atoms with Gasteiger partial charge < -0.3 is 0 Å². The van der Waals surface area contributed by atoms with Gasteiger partial charge in [0.25, 0.3) is 0 Å². The van der Waals surface area contributed by atoms with Crippen LogP contribution >= 0.6 is 0 Å². The zero-order chi connectivity index (χ0) is 13.5. The van der Waals surface area contributed by atoms with Crippen molar-refractivity contribution >= 4 is 0 Å². The van der Waals surface area contributed by atoms with Gasteiger partial charge in [-0.2, -0.15) is 0 Å². The van der Waals surface area contributed by atoms with Crippen LogP contribution in [0.4, 0.5) is 0 Å². The largest absolute Gasteiger partial charge is 0.291 e. The first-order valence-electron chi connectivity index (χ1n) is 7.48. The molecule has 4 saturated heterocycles. The molecule has 0 saturated carbocycles. The summed E-state index contributed by atoms with van der Waals surface area (Å²) in [5.41, 5.74) is 0. The number of fused-ring (bicyclic) bond motifs is 4. The molecule has 4 unspecified atom stereocenters. The predicted molar refractivity (Wildman–Crippen MR) is 75.5 cm³/mol. The maximum atomic E-state index is 3.44. The van der Waals surface area contributed by atoms with Crippen LogP contribution in [-0.4, -0.2) is 115 Å². The number of rotatable bonds is 2. The maximum absolute atomic E-state index is 3.44. The van der Waals surface area contributed by atoms with Gasteiger partial charge in [0.2, 0.25) is 0 Å². The highest BCUT2D eigenvalue weighted by Crippen LogP contribution is 2.15. The van der Waals surface area contributed by atoms with Crippen molar-refractivity contribution in [2.75, 3.05) is 80.4 Å². The van der Waals surface area contributed by atoms with Crippen molar-refractivity contribution in [1.29, 1.82) is 0 Å². The molecule has 1 N–H and O–H groups in total. The lowest BCUT2D eigenvalue weighted by Crippen LogP contribution is -2.67. The fraction of sp³-hybridized carbons (Fsp3) is 1.00. The second-order valence-corrected chi connectivity index (χ2v) is 6.72. The van der Waals surface area contributed by atoms with Gasteiger partial charge in [0.1, 0.15) is 0 Å². The lowest BCUT2D eigenvalue weighted by Gasteiger charge is -2.51. The van der Waals surface area contributed by atoms with E-state index in [1.807, 2.05) is 0 Å². The van der Waals surface area contributed by atoms with E-state index in [1.54, 1.807) is 0 Å². The van der Waals surface area contributed by atoms with Gasteiger partial charge in [-0.15, -0.1) is 0 Å². The number of nitrogens with one attached hydrogen (secondary N) is 1.